The van der Waals surface area contributed by atoms with Crippen LogP contribution in [0.1, 0.15) is 38.2 Å². The quantitative estimate of drug-likeness (QED) is 0.475. The van der Waals surface area contributed by atoms with Gasteiger partial charge in [-0.05, 0) is 31.0 Å². The van der Waals surface area contributed by atoms with E-state index < -0.39 is 5.75 Å². The molecule has 0 saturated heterocycles. The minimum atomic E-state index is -0.532. The molecule has 1 unspecified atom stereocenters. The van der Waals surface area contributed by atoms with Crippen LogP contribution in [-0.4, -0.2) is 27.8 Å². The molecule has 1 aromatic carbocycles. The molecule has 0 fully saturated rings. The van der Waals surface area contributed by atoms with Crippen LogP contribution < -0.4 is 5.32 Å². The molecule has 1 rings (SSSR count). The largest absolute Gasteiger partial charge is 0.504 e. The minimum Gasteiger partial charge on any atom is -0.504 e. The van der Waals surface area contributed by atoms with Crippen molar-refractivity contribution in [3.8, 4) is 17.2 Å². The Morgan fingerprint density at radius 3 is 2.30 bits per heavy atom. The highest BCUT2D eigenvalue weighted by Crippen LogP contribution is 2.38. The number of phenolic OH excluding ortho intramolecular Hbond substituents is 3. The standard InChI is InChI=1S/C15H21NO4/c1-4-5-10(8-16-15(20)9(2)3)11-6-12(17)14(19)13(18)7-11/h6-7,10,17-19H,2,4-5,8H2,1,3H3,(H,16,20). The fourth-order valence-corrected chi connectivity index (χ4v) is 1.96. The summed E-state index contributed by atoms with van der Waals surface area (Å²) < 4.78 is 0. The molecule has 5 heteroatoms. The van der Waals surface area contributed by atoms with Crippen LogP contribution in [0.5, 0.6) is 17.2 Å². The first-order valence-electron chi connectivity index (χ1n) is 6.55. The maximum absolute atomic E-state index is 11.5. The fraction of sp³-hybridized carbons (Fsp3) is 0.400. The molecular weight excluding hydrogens is 258 g/mol. The van der Waals surface area contributed by atoms with Gasteiger partial charge in [-0.15, -0.1) is 0 Å². The first kappa shape index (κ1) is 15.9. The van der Waals surface area contributed by atoms with Crippen molar-refractivity contribution >= 4 is 5.91 Å². The fourth-order valence-electron chi connectivity index (χ4n) is 1.96. The molecular formula is C15H21NO4. The van der Waals surface area contributed by atoms with E-state index in [1.807, 2.05) is 6.92 Å². The van der Waals surface area contributed by atoms with E-state index in [1.54, 1.807) is 6.92 Å². The van der Waals surface area contributed by atoms with E-state index in [1.165, 1.54) is 12.1 Å². The van der Waals surface area contributed by atoms with Crippen molar-refractivity contribution in [2.45, 2.75) is 32.6 Å². The number of hydrogen-bond donors (Lipinski definition) is 4. The van der Waals surface area contributed by atoms with Gasteiger partial charge in [0.2, 0.25) is 5.91 Å². The van der Waals surface area contributed by atoms with Crippen molar-refractivity contribution in [1.82, 2.24) is 5.32 Å². The topological polar surface area (TPSA) is 89.8 Å². The molecule has 0 aliphatic rings. The van der Waals surface area contributed by atoms with Gasteiger partial charge in [-0.3, -0.25) is 4.79 Å². The summed E-state index contributed by atoms with van der Waals surface area (Å²) in [5.74, 6) is -1.55. The molecule has 0 aliphatic heterocycles. The van der Waals surface area contributed by atoms with Gasteiger partial charge in [0.15, 0.2) is 17.2 Å². The summed E-state index contributed by atoms with van der Waals surface area (Å²) in [7, 11) is 0. The van der Waals surface area contributed by atoms with Crippen molar-refractivity contribution in [1.29, 1.82) is 0 Å². The van der Waals surface area contributed by atoms with Gasteiger partial charge >= 0.3 is 0 Å². The van der Waals surface area contributed by atoms with Crippen LogP contribution in [0, 0.1) is 0 Å². The average Bonchev–Trinajstić information content (AvgIpc) is 2.39. The Bertz CT molecular complexity index is 488. The molecule has 20 heavy (non-hydrogen) atoms. The molecule has 0 radical (unpaired) electrons. The Labute approximate surface area is 118 Å². The van der Waals surface area contributed by atoms with E-state index in [0.29, 0.717) is 17.7 Å². The van der Waals surface area contributed by atoms with Crippen molar-refractivity contribution in [3.05, 3.63) is 29.8 Å². The monoisotopic (exact) mass is 279 g/mol. The number of nitrogens with one attached hydrogen (secondary N) is 1. The number of hydrogen-bond acceptors (Lipinski definition) is 4. The first-order chi connectivity index (χ1) is 9.36. The Kier molecular flexibility index (Phi) is 5.43. The third kappa shape index (κ3) is 3.91. The van der Waals surface area contributed by atoms with Crippen LogP contribution in [0.2, 0.25) is 0 Å². The molecule has 0 spiro atoms. The maximum Gasteiger partial charge on any atom is 0.246 e. The molecule has 0 saturated carbocycles. The zero-order valence-corrected chi connectivity index (χ0v) is 11.8. The van der Waals surface area contributed by atoms with Crippen molar-refractivity contribution in [3.63, 3.8) is 0 Å². The zero-order chi connectivity index (χ0) is 15.3. The number of phenols is 3. The highest BCUT2D eigenvalue weighted by atomic mass is 16.3. The predicted octanol–water partition coefficient (Wildman–Crippen LogP) is 2.38. The number of carbonyl (C=O) groups excluding carboxylic acids is 1. The Hall–Kier alpha value is -2.17. The van der Waals surface area contributed by atoms with E-state index in [-0.39, 0.29) is 23.3 Å². The van der Waals surface area contributed by atoms with Crippen LogP contribution in [-0.2, 0) is 4.79 Å². The van der Waals surface area contributed by atoms with Gasteiger partial charge in [-0.25, -0.2) is 0 Å². The molecule has 4 N–H and O–H groups in total. The lowest BCUT2D eigenvalue weighted by molar-refractivity contribution is -0.117. The van der Waals surface area contributed by atoms with Gasteiger partial charge in [-0.1, -0.05) is 19.9 Å². The van der Waals surface area contributed by atoms with Crippen molar-refractivity contribution in [2.24, 2.45) is 0 Å². The number of benzene rings is 1. The Morgan fingerprint density at radius 2 is 1.85 bits per heavy atom. The van der Waals surface area contributed by atoms with E-state index in [0.717, 1.165) is 12.8 Å². The highest BCUT2D eigenvalue weighted by molar-refractivity contribution is 5.92. The first-order valence-corrected chi connectivity index (χ1v) is 6.55. The van der Waals surface area contributed by atoms with Gasteiger partial charge < -0.3 is 20.6 Å². The number of carbonyl (C=O) groups is 1. The Morgan fingerprint density at radius 1 is 1.30 bits per heavy atom. The summed E-state index contributed by atoms with van der Waals surface area (Å²) >= 11 is 0. The maximum atomic E-state index is 11.5. The lowest BCUT2D eigenvalue weighted by atomic mass is 9.93. The smallest absolute Gasteiger partial charge is 0.246 e. The van der Waals surface area contributed by atoms with E-state index in [9.17, 15) is 20.1 Å². The lowest BCUT2D eigenvalue weighted by Crippen LogP contribution is -2.28. The lowest BCUT2D eigenvalue weighted by Gasteiger charge is -2.18. The number of amides is 1. The molecule has 0 heterocycles. The molecule has 1 atom stereocenters. The molecule has 0 aliphatic carbocycles. The van der Waals surface area contributed by atoms with Gasteiger partial charge in [-0.2, -0.15) is 0 Å². The molecule has 0 aromatic heterocycles. The number of aromatic hydroxyl groups is 3. The van der Waals surface area contributed by atoms with Crippen LogP contribution in [0.25, 0.3) is 0 Å². The summed E-state index contributed by atoms with van der Waals surface area (Å²) in [5.41, 5.74) is 1.10. The van der Waals surface area contributed by atoms with E-state index in [4.69, 9.17) is 0 Å². The van der Waals surface area contributed by atoms with Crippen molar-refractivity contribution < 1.29 is 20.1 Å². The van der Waals surface area contributed by atoms with Crippen LogP contribution >= 0.6 is 0 Å². The second kappa shape index (κ2) is 6.84. The van der Waals surface area contributed by atoms with Crippen LogP contribution in [0.4, 0.5) is 0 Å². The van der Waals surface area contributed by atoms with Gasteiger partial charge in [0.25, 0.3) is 0 Å². The zero-order valence-electron chi connectivity index (χ0n) is 11.8. The third-order valence-corrected chi connectivity index (χ3v) is 3.10. The summed E-state index contributed by atoms with van der Waals surface area (Å²) in [4.78, 5) is 11.5. The summed E-state index contributed by atoms with van der Waals surface area (Å²) in [6.45, 7) is 7.58. The average molecular weight is 279 g/mol. The van der Waals surface area contributed by atoms with E-state index in [2.05, 4.69) is 11.9 Å². The summed E-state index contributed by atoms with van der Waals surface area (Å²) in [5, 5.41) is 31.2. The van der Waals surface area contributed by atoms with Gasteiger partial charge in [0.05, 0.1) is 0 Å². The molecule has 5 nitrogen and oxygen atoms in total. The van der Waals surface area contributed by atoms with Crippen LogP contribution in [0.15, 0.2) is 24.3 Å². The Balaban J connectivity index is 2.90. The number of rotatable bonds is 6. The SMILES string of the molecule is C=C(C)C(=O)NCC(CCC)c1cc(O)c(O)c(O)c1. The molecule has 0 bridgehead atoms. The molecule has 110 valence electrons. The van der Waals surface area contributed by atoms with Crippen molar-refractivity contribution in [2.75, 3.05) is 6.54 Å². The van der Waals surface area contributed by atoms with Crippen LogP contribution in [0.3, 0.4) is 0 Å². The normalized spacial score (nSPS) is 11.9. The van der Waals surface area contributed by atoms with Gasteiger partial charge in [0.1, 0.15) is 0 Å². The van der Waals surface area contributed by atoms with Gasteiger partial charge in [0, 0.05) is 18.0 Å². The predicted molar refractivity (Wildman–Crippen MR) is 76.9 cm³/mol. The third-order valence-electron chi connectivity index (χ3n) is 3.10. The molecule has 1 aromatic rings. The second-order valence-electron chi connectivity index (χ2n) is 4.88. The second-order valence-corrected chi connectivity index (χ2v) is 4.88. The summed E-state index contributed by atoms with van der Waals surface area (Å²) in [6, 6.07) is 2.81. The summed E-state index contributed by atoms with van der Waals surface area (Å²) in [6.07, 6.45) is 1.66. The molecule has 1 amide bonds. The minimum absolute atomic E-state index is 0.0549. The highest BCUT2D eigenvalue weighted by Gasteiger charge is 2.17. The van der Waals surface area contributed by atoms with E-state index >= 15 is 0 Å².